The highest BCUT2D eigenvalue weighted by Crippen LogP contribution is 2.09. The normalized spacial score (nSPS) is 10.5. The van der Waals surface area contributed by atoms with Crippen molar-refractivity contribution >= 4 is 0 Å². The van der Waals surface area contributed by atoms with Crippen LogP contribution in [-0.2, 0) is 13.0 Å². The van der Waals surface area contributed by atoms with Crippen molar-refractivity contribution in [2.75, 3.05) is 7.05 Å². The van der Waals surface area contributed by atoms with Crippen LogP contribution in [-0.4, -0.2) is 12.0 Å². The van der Waals surface area contributed by atoms with E-state index in [2.05, 4.69) is 40.6 Å². The molecule has 1 aromatic heterocycles. The van der Waals surface area contributed by atoms with Crippen molar-refractivity contribution in [3.8, 4) is 0 Å². The maximum Gasteiger partial charge on any atom is 0.0202 e. The second-order valence-corrected chi connectivity index (χ2v) is 3.72. The number of benzene rings is 1. The molecule has 0 amide bonds. The lowest BCUT2D eigenvalue weighted by molar-refractivity contribution is 0.817. The molecule has 0 aliphatic rings. The molecule has 0 fully saturated rings. The minimum atomic E-state index is 0.933. The van der Waals surface area contributed by atoms with Gasteiger partial charge >= 0.3 is 0 Å². The van der Waals surface area contributed by atoms with E-state index in [1.54, 1.807) is 0 Å². The van der Waals surface area contributed by atoms with Gasteiger partial charge in [-0.05, 0) is 30.3 Å². The Morgan fingerprint density at radius 3 is 2.40 bits per heavy atom. The molecule has 0 aliphatic carbocycles. The minimum Gasteiger partial charge on any atom is -0.365 e. The van der Waals surface area contributed by atoms with E-state index < -0.39 is 0 Å². The van der Waals surface area contributed by atoms with Gasteiger partial charge in [0.15, 0.2) is 0 Å². The summed E-state index contributed by atoms with van der Waals surface area (Å²) < 4.78 is 0. The number of aromatic nitrogens is 1. The molecule has 0 atom stereocenters. The molecule has 2 aromatic rings. The summed E-state index contributed by atoms with van der Waals surface area (Å²) in [6.45, 7) is 0.933. The van der Waals surface area contributed by atoms with Gasteiger partial charge in [-0.2, -0.15) is 0 Å². The molecular formula is C13H16N2. The van der Waals surface area contributed by atoms with E-state index in [4.69, 9.17) is 0 Å². The molecule has 0 bridgehead atoms. The Labute approximate surface area is 90.3 Å². The molecule has 0 aliphatic heterocycles. The van der Waals surface area contributed by atoms with E-state index in [9.17, 15) is 0 Å². The number of hydrogen-bond donors (Lipinski definition) is 2. The lowest BCUT2D eigenvalue weighted by atomic mass is 10.1. The summed E-state index contributed by atoms with van der Waals surface area (Å²) in [7, 11) is 1.97. The second kappa shape index (κ2) is 4.80. The van der Waals surface area contributed by atoms with Gasteiger partial charge in [-0.25, -0.2) is 0 Å². The van der Waals surface area contributed by atoms with Crippen LogP contribution >= 0.6 is 0 Å². The Balaban J connectivity index is 2.04. The molecule has 0 unspecified atom stereocenters. The van der Waals surface area contributed by atoms with Crippen molar-refractivity contribution in [1.82, 2.24) is 10.3 Å². The fourth-order valence-electron chi connectivity index (χ4n) is 1.68. The third kappa shape index (κ3) is 2.70. The summed E-state index contributed by atoms with van der Waals surface area (Å²) in [4.78, 5) is 3.21. The van der Waals surface area contributed by atoms with E-state index in [1.165, 1.54) is 16.8 Å². The monoisotopic (exact) mass is 200 g/mol. The van der Waals surface area contributed by atoms with Crippen LogP contribution in [0, 0.1) is 0 Å². The number of rotatable bonds is 4. The van der Waals surface area contributed by atoms with Crippen molar-refractivity contribution < 1.29 is 0 Å². The van der Waals surface area contributed by atoms with E-state index in [-0.39, 0.29) is 0 Å². The van der Waals surface area contributed by atoms with E-state index in [0.29, 0.717) is 0 Å². The predicted molar refractivity (Wildman–Crippen MR) is 62.8 cm³/mol. The summed E-state index contributed by atoms with van der Waals surface area (Å²) in [5.41, 5.74) is 3.93. The molecular weight excluding hydrogens is 184 g/mol. The highest BCUT2D eigenvalue weighted by atomic mass is 14.8. The van der Waals surface area contributed by atoms with Crippen LogP contribution in [0.15, 0.2) is 42.6 Å². The second-order valence-electron chi connectivity index (χ2n) is 3.72. The van der Waals surface area contributed by atoms with Gasteiger partial charge in [-0.15, -0.1) is 0 Å². The van der Waals surface area contributed by atoms with Crippen LogP contribution in [0.1, 0.15) is 16.8 Å². The van der Waals surface area contributed by atoms with E-state index in [1.807, 2.05) is 19.3 Å². The summed E-state index contributed by atoms with van der Waals surface area (Å²) >= 11 is 0. The summed E-state index contributed by atoms with van der Waals surface area (Å²) in [5, 5.41) is 3.14. The first-order valence-corrected chi connectivity index (χ1v) is 5.23. The van der Waals surface area contributed by atoms with Crippen LogP contribution in [0.4, 0.5) is 0 Å². The lowest BCUT2D eigenvalue weighted by Gasteiger charge is -2.02. The van der Waals surface area contributed by atoms with Crippen LogP contribution < -0.4 is 5.32 Å². The fraction of sp³-hybridized carbons (Fsp3) is 0.231. The first kappa shape index (κ1) is 9.99. The van der Waals surface area contributed by atoms with Crippen LogP contribution in [0.25, 0.3) is 0 Å². The fourth-order valence-corrected chi connectivity index (χ4v) is 1.68. The third-order valence-electron chi connectivity index (χ3n) is 2.46. The highest BCUT2D eigenvalue weighted by molar-refractivity contribution is 5.26. The molecule has 15 heavy (non-hydrogen) atoms. The maximum absolute atomic E-state index is 3.21. The first-order chi connectivity index (χ1) is 7.38. The van der Waals surface area contributed by atoms with Crippen molar-refractivity contribution in [3.63, 3.8) is 0 Å². The molecule has 0 radical (unpaired) electrons. The zero-order valence-corrected chi connectivity index (χ0v) is 8.96. The van der Waals surface area contributed by atoms with Gasteiger partial charge in [0, 0.05) is 24.9 Å². The maximum atomic E-state index is 3.21. The average Bonchev–Trinajstić information content (AvgIpc) is 2.74. The number of H-pyrrole nitrogens is 1. The predicted octanol–water partition coefficient (Wildman–Crippen LogP) is 2.32. The number of nitrogens with one attached hydrogen (secondary N) is 2. The number of hydrogen-bond acceptors (Lipinski definition) is 1. The summed E-state index contributed by atoms with van der Waals surface area (Å²) in [6, 6.07) is 12.9. The standard InChI is InChI=1S/C13H16N2/c1-14-10-12-6-4-11(5-7-12)9-13-3-2-8-15-13/h2-8,14-15H,9-10H2,1H3. The molecule has 1 heterocycles. The molecule has 0 spiro atoms. The third-order valence-corrected chi connectivity index (χ3v) is 2.46. The lowest BCUT2D eigenvalue weighted by Crippen LogP contribution is -2.04. The molecule has 0 saturated heterocycles. The van der Waals surface area contributed by atoms with Crippen LogP contribution in [0.3, 0.4) is 0 Å². The molecule has 2 N–H and O–H groups in total. The highest BCUT2D eigenvalue weighted by Gasteiger charge is 1.96. The SMILES string of the molecule is CNCc1ccc(Cc2ccc[nH]2)cc1. The van der Waals surface area contributed by atoms with Gasteiger partial charge in [0.05, 0.1) is 0 Å². The van der Waals surface area contributed by atoms with Crippen molar-refractivity contribution in [3.05, 3.63) is 59.4 Å². The Kier molecular flexibility index (Phi) is 3.20. The van der Waals surface area contributed by atoms with Gasteiger partial charge in [-0.3, -0.25) is 0 Å². The smallest absolute Gasteiger partial charge is 0.0202 e. The zero-order chi connectivity index (χ0) is 10.5. The van der Waals surface area contributed by atoms with Crippen molar-refractivity contribution in [2.45, 2.75) is 13.0 Å². The molecule has 2 rings (SSSR count). The molecule has 2 nitrogen and oxygen atoms in total. The van der Waals surface area contributed by atoms with E-state index in [0.717, 1.165) is 13.0 Å². The Hall–Kier alpha value is -1.54. The van der Waals surface area contributed by atoms with Gasteiger partial charge in [-0.1, -0.05) is 24.3 Å². The Morgan fingerprint density at radius 2 is 1.80 bits per heavy atom. The Morgan fingerprint density at radius 1 is 1.07 bits per heavy atom. The average molecular weight is 200 g/mol. The van der Waals surface area contributed by atoms with Gasteiger partial charge in [0.1, 0.15) is 0 Å². The number of aromatic amines is 1. The quantitative estimate of drug-likeness (QED) is 0.779. The Bertz CT molecular complexity index is 387. The van der Waals surface area contributed by atoms with Gasteiger partial charge < -0.3 is 10.3 Å². The first-order valence-electron chi connectivity index (χ1n) is 5.23. The molecule has 0 saturated carbocycles. The van der Waals surface area contributed by atoms with Gasteiger partial charge in [0.25, 0.3) is 0 Å². The molecule has 2 heteroatoms. The minimum absolute atomic E-state index is 0.933. The van der Waals surface area contributed by atoms with Crippen LogP contribution in [0.2, 0.25) is 0 Å². The zero-order valence-electron chi connectivity index (χ0n) is 8.96. The van der Waals surface area contributed by atoms with Gasteiger partial charge in [0.2, 0.25) is 0 Å². The summed E-state index contributed by atoms with van der Waals surface area (Å²) in [6.07, 6.45) is 2.94. The van der Waals surface area contributed by atoms with Crippen molar-refractivity contribution in [1.29, 1.82) is 0 Å². The molecule has 78 valence electrons. The topological polar surface area (TPSA) is 27.8 Å². The van der Waals surface area contributed by atoms with Crippen LogP contribution in [0.5, 0.6) is 0 Å². The largest absolute Gasteiger partial charge is 0.365 e. The van der Waals surface area contributed by atoms with E-state index >= 15 is 0 Å². The summed E-state index contributed by atoms with van der Waals surface area (Å²) in [5.74, 6) is 0. The molecule has 1 aromatic carbocycles. The van der Waals surface area contributed by atoms with Crippen molar-refractivity contribution in [2.24, 2.45) is 0 Å².